The first-order valence-electron chi connectivity index (χ1n) is 8.40. The van der Waals surface area contributed by atoms with Crippen molar-refractivity contribution in [1.82, 2.24) is 0 Å². The molecule has 0 aromatic heterocycles. The molecule has 27 heavy (non-hydrogen) atoms. The van der Waals surface area contributed by atoms with Gasteiger partial charge in [-0.3, -0.25) is 0 Å². The number of phenolic OH excluding ortho intramolecular Hbond substituents is 1. The van der Waals surface area contributed by atoms with Gasteiger partial charge in [0.1, 0.15) is 5.75 Å². The number of hydrogen-bond acceptors (Lipinski definition) is 4. The van der Waals surface area contributed by atoms with E-state index in [0.717, 1.165) is 26.1 Å². The fraction of sp³-hybridized carbons (Fsp3) is 0.143. The highest BCUT2D eigenvalue weighted by atomic mass is 35.5. The lowest BCUT2D eigenvalue weighted by atomic mass is 10.1. The SMILES string of the molecule is CC(O)c1cc(NCc2ccccc2Sc2ccccc2Cl)cc(Cl)c1O. The van der Waals surface area contributed by atoms with Gasteiger partial charge in [0, 0.05) is 27.6 Å². The topological polar surface area (TPSA) is 52.5 Å². The van der Waals surface area contributed by atoms with Gasteiger partial charge in [0.05, 0.1) is 16.1 Å². The van der Waals surface area contributed by atoms with E-state index >= 15 is 0 Å². The minimum atomic E-state index is -0.813. The second-order valence-corrected chi connectivity index (χ2v) is 7.96. The molecular weight excluding hydrogens is 401 g/mol. The van der Waals surface area contributed by atoms with Gasteiger partial charge in [-0.15, -0.1) is 0 Å². The van der Waals surface area contributed by atoms with Crippen LogP contribution in [0.15, 0.2) is 70.5 Å². The van der Waals surface area contributed by atoms with Crippen LogP contribution in [0, 0.1) is 0 Å². The van der Waals surface area contributed by atoms with Gasteiger partial charge in [-0.05, 0) is 42.8 Å². The molecular formula is C21H19Cl2NO2S. The van der Waals surface area contributed by atoms with E-state index in [9.17, 15) is 10.2 Å². The van der Waals surface area contributed by atoms with Gasteiger partial charge >= 0.3 is 0 Å². The summed E-state index contributed by atoms with van der Waals surface area (Å²) < 4.78 is 0. The minimum absolute atomic E-state index is 0.0908. The number of aliphatic hydroxyl groups is 1. The summed E-state index contributed by atoms with van der Waals surface area (Å²) in [6, 6.07) is 19.2. The average molecular weight is 420 g/mol. The predicted molar refractivity (Wildman–Crippen MR) is 113 cm³/mol. The Hall–Kier alpha value is -1.85. The van der Waals surface area contributed by atoms with Crippen LogP contribution in [-0.2, 0) is 6.54 Å². The monoisotopic (exact) mass is 419 g/mol. The Balaban J connectivity index is 1.81. The molecule has 0 bridgehead atoms. The zero-order chi connectivity index (χ0) is 19.4. The summed E-state index contributed by atoms with van der Waals surface area (Å²) in [4.78, 5) is 2.09. The van der Waals surface area contributed by atoms with Crippen LogP contribution >= 0.6 is 35.0 Å². The molecule has 3 rings (SSSR count). The first kappa shape index (κ1) is 19.9. The van der Waals surface area contributed by atoms with E-state index in [0.29, 0.717) is 12.1 Å². The van der Waals surface area contributed by atoms with E-state index in [1.807, 2.05) is 42.5 Å². The molecule has 0 heterocycles. The lowest BCUT2D eigenvalue weighted by molar-refractivity contribution is 0.195. The summed E-state index contributed by atoms with van der Waals surface area (Å²) in [5.74, 6) is -0.0908. The molecule has 0 saturated carbocycles. The predicted octanol–water partition coefficient (Wildman–Crippen LogP) is 6.52. The van der Waals surface area contributed by atoms with Crippen LogP contribution < -0.4 is 5.32 Å². The second-order valence-electron chi connectivity index (χ2n) is 6.07. The highest BCUT2D eigenvalue weighted by Gasteiger charge is 2.13. The minimum Gasteiger partial charge on any atom is -0.506 e. The molecule has 3 N–H and O–H groups in total. The van der Waals surface area contributed by atoms with E-state index in [-0.39, 0.29) is 10.8 Å². The maximum atomic E-state index is 9.98. The van der Waals surface area contributed by atoms with Gasteiger partial charge in [-0.2, -0.15) is 0 Å². The normalized spacial score (nSPS) is 12.0. The van der Waals surface area contributed by atoms with Crippen LogP contribution in [0.5, 0.6) is 5.75 Å². The van der Waals surface area contributed by atoms with Gasteiger partial charge in [-0.25, -0.2) is 0 Å². The Bertz CT molecular complexity index is 947. The molecule has 6 heteroatoms. The maximum Gasteiger partial charge on any atom is 0.140 e. The first-order chi connectivity index (χ1) is 13.0. The molecule has 0 aliphatic rings. The molecule has 3 aromatic carbocycles. The van der Waals surface area contributed by atoms with Crippen molar-refractivity contribution in [2.75, 3.05) is 5.32 Å². The zero-order valence-corrected chi connectivity index (χ0v) is 16.9. The molecule has 0 amide bonds. The number of hydrogen-bond donors (Lipinski definition) is 3. The molecule has 0 aliphatic carbocycles. The molecule has 0 spiro atoms. The highest BCUT2D eigenvalue weighted by Crippen LogP contribution is 2.37. The third-order valence-electron chi connectivity index (χ3n) is 4.06. The van der Waals surface area contributed by atoms with Crippen molar-refractivity contribution in [2.45, 2.75) is 29.4 Å². The van der Waals surface area contributed by atoms with Crippen molar-refractivity contribution in [3.05, 3.63) is 81.8 Å². The van der Waals surface area contributed by atoms with E-state index in [2.05, 4.69) is 11.4 Å². The van der Waals surface area contributed by atoms with Crippen molar-refractivity contribution >= 4 is 40.7 Å². The van der Waals surface area contributed by atoms with Crippen LogP contribution in [0.3, 0.4) is 0 Å². The van der Waals surface area contributed by atoms with E-state index in [1.54, 1.807) is 30.8 Å². The molecule has 0 aliphatic heterocycles. The summed E-state index contributed by atoms with van der Waals surface area (Å²) in [6.07, 6.45) is -0.813. The van der Waals surface area contributed by atoms with Gasteiger partial charge in [0.2, 0.25) is 0 Å². The zero-order valence-electron chi connectivity index (χ0n) is 14.6. The van der Waals surface area contributed by atoms with Crippen LogP contribution in [0.4, 0.5) is 5.69 Å². The van der Waals surface area contributed by atoms with Crippen molar-refractivity contribution in [1.29, 1.82) is 0 Å². The molecule has 3 nitrogen and oxygen atoms in total. The second kappa shape index (κ2) is 8.89. The summed E-state index contributed by atoms with van der Waals surface area (Å²) in [6.45, 7) is 2.15. The average Bonchev–Trinajstić information content (AvgIpc) is 2.65. The van der Waals surface area contributed by atoms with E-state index in [1.165, 1.54) is 0 Å². The van der Waals surface area contributed by atoms with Gasteiger partial charge < -0.3 is 15.5 Å². The highest BCUT2D eigenvalue weighted by molar-refractivity contribution is 7.99. The van der Waals surface area contributed by atoms with E-state index in [4.69, 9.17) is 23.2 Å². The molecule has 1 unspecified atom stereocenters. The molecule has 0 fully saturated rings. The Labute approximate surface area is 173 Å². The third kappa shape index (κ3) is 4.90. The van der Waals surface area contributed by atoms with Crippen molar-refractivity contribution < 1.29 is 10.2 Å². The number of anilines is 1. The molecule has 0 saturated heterocycles. The van der Waals surface area contributed by atoms with Gasteiger partial charge in [0.15, 0.2) is 0 Å². The molecule has 1 atom stereocenters. The Morgan fingerprint density at radius 2 is 1.63 bits per heavy atom. The summed E-state index contributed by atoms with van der Waals surface area (Å²) in [5, 5.41) is 24.0. The van der Waals surface area contributed by atoms with Crippen LogP contribution in [-0.4, -0.2) is 10.2 Å². The number of halogens is 2. The standard InChI is InChI=1S/C21H19Cl2NO2S/c1-13(25)16-10-15(11-18(23)21(16)26)24-12-14-6-2-4-8-19(14)27-20-9-5-3-7-17(20)22/h2-11,13,24-26H,12H2,1H3. The number of nitrogens with one attached hydrogen (secondary N) is 1. The van der Waals surface area contributed by atoms with Crippen LogP contribution in [0.2, 0.25) is 10.0 Å². The van der Waals surface area contributed by atoms with Gasteiger partial charge in [0.25, 0.3) is 0 Å². The van der Waals surface area contributed by atoms with Gasteiger partial charge in [-0.1, -0.05) is 65.3 Å². The largest absolute Gasteiger partial charge is 0.506 e. The fourth-order valence-electron chi connectivity index (χ4n) is 2.63. The quantitative estimate of drug-likeness (QED) is 0.398. The van der Waals surface area contributed by atoms with Crippen molar-refractivity contribution in [2.24, 2.45) is 0 Å². The summed E-state index contributed by atoms with van der Waals surface area (Å²) in [5.41, 5.74) is 2.22. The maximum absolute atomic E-state index is 9.98. The molecule has 140 valence electrons. The molecule has 0 radical (unpaired) electrons. The Morgan fingerprint density at radius 3 is 2.33 bits per heavy atom. The lowest BCUT2D eigenvalue weighted by Gasteiger charge is -2.15. The number of aromatic hydroxyl groups is 1. The van der Waals surface area contributed by atoms with Crippen molar-refractivity contribution in [3.63, 3.8) is 0 Å². The number of phenols is 1. The lowest BCUT2D eigenvalue weighted by Crippen LogP contribution is -2.02. The van der Waals surface area contributed by atoms with Crippen LogP contribution in [0.1, 0.15) is 24.2 Å². The molecule has 3 aromatic rings. The Morgan fingerprint density at radius 1 is 0.963 bits per heavy atom. The van der Waals surface area contributed by atoms with E-state index < -0.39 is 6.10 Å². The first-order valence-corrected chi connectivity index (χ1v) is 9.97. The fourth-order valence-corrected chi connectivity index (χ4v) is 4.08. The summed E-state index contributed by atoms with van der Waals surface area (Å²) >= 11 is 14.0. The van der Waals surface area contributed by atoms with Crippen LogP contribution in [0.25, 0.3) is 0 Å². The number of benzene rings is 3. The Kier molecular flexibility index (Phi) is 6.55. The third-order valence-corrected chi connectivity index (χ3v) is 5.98. The summed E-state index contributed by atoms with van der Waals surface area (Å²) in [7, 11) is 0. The smallest absolute Gasteiger partial charge is 0.140 e. The number of rotatable bonds is 6. The number of aliphatic hydroxyl groups excluding tert-OH is 1. The van der Waals surface area contributed by atoms with Crippen molar-refractivity contribution in [3.8, 4) is 5.75 Å².